The highest BCUT2D eigenvalue weighted by Crippen LogP contribution is 2.29. The molecule has 1 N–H and O–H groups in total. The van der Waals surface area contributed by atoms with Gasteiger partial charge in [0.05, 0.1) is 25.0 Å². The third-order valence-electron chi connectivity index (χ3n) is 2.68. The second-order valence-corrected chi connectivity index (χ2v) is 7.25. The number of hydrogen-bond acceptors (Lipinski definition) is 4. The third kappa shape index (κ3) is 5.41. The minimum atomic E-state index is -0.293. The van der Waals surface area contributed by atoms with Crippen LogP contribution < -0.4 is 10.2 Å². The number of aromatic nitrogens is 1. The number of ether oxygens (including phenoxy) is 1. The van der Waals surface area contributed by atoms with Crippen molar-refractivity contribution >= 4 is 57.3 Å². The molecule has 0 spiro atoms. The monoisotopic (exact) mass is 535 g/mol. The van der Waals surface area contributed by atoms with E-state index in [1.54, 1.807) is 24.5 Å². The van der Waals surface area contributed by atoms with E-state index in [9.17, 15) is 4.79 Å². The Morgan fingerprint density at radius 3 is 2.61 bits per heavy atom. The van der Waals surface area contributed by atoms with Crippen molar-refractivity contribution in [2.75, 3.05) is 0 Å². The standard InChI is InChI=1S/C16H15I2N3O2/c1-10(2)23-15-13(17)6-11(7-14(15)18)8-20-21-16(22)12-4-3-5-19-9-12/h3-10H,1-2H3,(H,21,22)/b20-8+. The number of rotatable bonds is 5. The molecule has 0 saturated heterocycles. The van der Waals surface area contributed by atoms with Crippen LogP contribution in [-0.4, -0.2) is 23.2 Å². The number of hydrogen-bond donors (Lipinski definition) is 1. The van der Waals surface area contributed by atoms with Crippen LogP contribution >= 0.6 is 45.2 Å². The van der Waals surface area contributed by atoms with Crippen molar-refractivity contribution in [3.8, 4) is 5.75 Å². The summed E-state index contributed by atoms with van der Waals surface area (Å²) in [7, 11) is 0. The zero-order valence-corrected chi connectivity index (χ0v) is 16.9. The van der Waals surface area contributed by atoms with Crippen LogP contribution in [0.5, 0.6) is 5.75 Å². The minimum absolute atomic E-state index is 0.121. The molecule has 2 rings (SSSR count). The first-order valence-corrected chi connectivity index (χ1v) is 9.02. The lowest BCUT2D eigenvalue weighted by molar-refractivity contribution is 0.0955. The Kier molecular flexibility index (Phi) is 6.75. The molecule has 0 bridgehead atoms. The number of benzene rings is 1. The van der Waals surface area contributed by atoms with Gasteiger partial charge in [-0.05, 0) is 88.9 Å². The van der Waals surface area contributed by atoms with Crippen molar-refractivity contribution in [1.82, 2.24) is 10.4 Å². The van der Waals surface area contributed by atoms with E-state index in [0.717, 1.165) is 18.5 Å². The van der Waals surface area contributed by atoms with E-state index in [1.165, 1.54) is 6.20 Å². The van der Waals surface area contributed by atoms with Gasteiger partial charge < -0.3 is 4.74 Å². The molecule has 1 aromatic heterocycles. The molecule has 0 aliphatic rings. The van der Waals surface area contributed by atoms with Gasteiger partial charge in [-0.15, -0.1) is 0 Å². The number of nitrogens with one attached hydrogen (secondary N) is 1. The molecular formula is C16H15I2N3O2. The van der Waals surface area contributed by atoms with Gasteiger partial charge in [0, 0.05) is 12.4 Å². The topological polar surface area (TPSA) is 63.6 Å². The fourth-order valence-corrected chi connectivity index (χ4v) is 3.80. The van der Waals surface area contributed by atoms with E-state index in [1.807, 2.05) is 26.0 Å². The first kappa shape index (κ1) is 18.1. The van der Waals surface area contributed by atoms with Gasteiger partial charge in [0.2, 0.25) is 0 Å². The Morgan fingerprint density at radius 2 is 2.04 bits per heavy atom. The maximum absolute atomic E-state index is 11.9. The molecular weight excluding hydrogens is 520 g/mol. The summed E-state index contributed by atoms with van der Waals surface area (Å²) in [5.74, 6) is 0.580. The Balaban J connectivity index is 2.07. The van der Waals surface area contributed by atoms with Crippen LogP contribution in [0, 0.1) is 7.14 Å². The molecule has 2 aromatic rings. The molecule has 0 radical (unpaired) electrons. The molecule has 0 saturated carbocycles. The lowest BCUT2D eigenvalue weighted by Crippen LogP contribution is -2.17. The number of carbonyl (C=O) groups is 1. The predicted molar refractivity (Wildman–Crippen MR) is 107 cm³/mol. The molecule has 0 fully saturated rings. The normalized spacial score (nSPS) is 11.0. The largest absolute Gasteiger partial charge is 0.489 e. The quantitative estimate of drug-likeness (QED) is 0.360. The second-order valence-electron chi connectivity index (χ2n) is 4.92. The van der Waals surface area contributed by atoms with Crippen LogP contribution in [0.3, 0.4) is 0 Å². The zero-order chi connectivity index (χ0) is 16.8. The van der Waals surface area contributed by atoms with E-state index in [0.29, 0.717) is 5.56 Å². The van der Waals surface area contributed by atoms with Gasteiger partial charge in [-0.25, -0.2) is 5.43 Å². The number of amides is 1. The first-order chi connectivity index (χ1) is 11.0. The zero-order valence-electron chi connectivity index (χ0n) is 12.6. The maximum Gasteiger partial charge on any atom is 0.272 e. The molecule has 120 valence electrons. The van der Waals surface area contributed by atoms with Gasteiger partial charge in [0.25, 0.3) is 5.91 Å². The summed E-state index contributed by atoms with van der Waals surface area (Å²) >= 11 is 4.46. The van der Waals surface area contributed by atoms with Crippen molar-refractivity contribution in [2.24, 2.45) is 5.10 Å². The highest BCUT2D eigenvalue weighted by atomic mass is 127. The number of carbonyl (C=O) groups excluding carboxylic acids is 1. The van der Waals surface area contributed by atoms with E-state index < -0.39 is 0 Å². The Hall–Kier alpha value is -1.23. The van der Waals surface area contributed by atoms with Gasteiger partial charge in [0.1, 0.15) is 5.75 Å². The van der Waals surface area contributed by atoms with E-state index >= 15 is 0 Å². The summed E-state index contributed by atoms with van der Waals surface area (Å²) in [6.45, 7) is 3.99. The predicted octanol–water partition coefficient (Wildman–Crippen LogP) is 3.84. The van der Waals surface area contributed by atoms with Gasteiger partial charge in [-0.1, -0.05) is 0 Å². The average Bonchev–Trinajstić information content (AvgIpc) is 2.51. The van der Waals surface area contributed by atoms with Crippen LogP contribution in [0.25, 0.3) is 0 Å². The molecule has 1 heterocycles. The highest BCUT2D eigenvalue weighted by molar-refractivity contribution is 14.1. The van der Waals surface area contributed by atoms with E-state index in [4.69, 9.17) is 4.74 Å². The molecule has 0 atom stereocenters. The van der Waals surface area contributed by atoms with Crippen LogP contribution in [0.4, 0.5) is 0 Å². The Bertz CT molecular complexity index is 696. The molecule has 0 unspecified atom stereocenters. The summed E-state index contributed by atoms with van der Waals surface area (Å²) in [5, 5.41) is 3.99. The molecule has 1 aromatic carbocycles. The summed E-state index contributed by atoms with van der Waals surface area (Å²) in [6.07, 6.45) is 4.84. The smallest absolute Gasteiger partial charge is 0.272 e. The van der Waals surface area contributed by atoms with E-state index in [2.05, 4.69) is 60.7 Å². The highest BCUT2D eigenvalue weighted by Gasteiger charge is 2.10. The van der Waals surface area contributed by atoms with Crippen LogP contribution in [0.1, 0.15) is 29.8 Å². The fourth-order valence-electron chi connectivity index (χ4n) is 1.73. The average molecular weight is 535 g/mol. The lowest BCUT2D eigenvalue weighted by atomic mass is 10.2. The number of halogens is 2. The summed E-state index contributed by atoms with van der Waals surface area (Å²) in [5.41, 5.74) is 3.84. The lowest BCUT2D eigenvalue weighted by Gasteiger charge is -2.14. The van der Waals surface area contributed by atoms with Gasteiger partial charge in [0.15, 0.2) is 0 Å². The molecule has 23 heavy (non-hydrogen) atoms. The van der Waals surface area contributed by atoms with Crippen molar-refractivity contribution in [3.63, 3.8) is 0 Å². The van der Waals surface area contributed by atoms with Crippen molar-refractivity contribution < 1.29 is 9.53 Å². The van der Waals surface area contributed by atoms with Crippen LogP contribution in [0.15, 0.2) is 41.8 Å². The fraction of sp³-hybridized carbons (Fsp3) is 0.188. The van der Waals surface area contributed by atoms with Gasteiger partial charge >= 0.3 is 0 Å². The number of hydrazone groups is 1. The molecule has 1 amide bonds. The number of pyridine rings is 1. The van der Waals surface area contributed by atoms with Crippen molar-refractivity contribution in [1.29, 1.82) is 0 Å². The van der Waals surface area contributed by atoms with Gasteiger partial charge in [-0.3, -0.25) is 9.78 Å². The molecule has 0 aliphatic carbocycles. The number of nitrogens with zero attached hydrogens (tertiary/aromatic N) is 2. The van der Waals surface area contributed by atoms with Crippen LogP contribution in [0.2, 0.25) is 0 Å². The molecule has 0 aliphatic heterocycles. The second kappa shape index (κ2) is 8.57. The van der Waals surface area contributed by atoms with Gasteiger partial charge in [-0.2, -0.15) is 5.10 Å². The SMILES string of the molecule is CC(C)Oc1c(I)cc(/C=N/NC(=O)c2cccnc2)cc1I. The summed E-state index contributed by atoms with van der Waals surface area (Å²) in [4.78, 5) is 15.8. The third-order valence-corrected chi connectivity index (χ3v) is 4.28. The minimum Gasteiger partial charge on any atom is -0.489 e. The van der Waals surface area contributed by atoms with Crippen molar-refractivity contribution in [2.45, 2.75) is 20.0 Å². The van der Waals surface area contributed by atoms with Crippen LogP contribution in [-0.2, 0) is 0 Å². The maximum atomic E-state index is 11.9. The molecule has 7 heteroatoms. The Morgan fingerprint density at radius 1 is 1.35 bits per heavy atom. The van der Waals surface area contributed by atoms with Crippen molar-refractivity contribution in [3.05, 3.63) is 54.9 Å². The summed E-state index contributed by atoms with van der Waals surface area (Å²) < 4.78 is 7.80. The first-order valence-electron chi connectivity index (χ1n) is 6.86. The summed E-state index contributed by atoms with van der Waals surface area (Å²) in [6, 6.07) is 7.30. The Labute approximate surface area is 162 Å². The molecule has 5 nitrogen and oxygen atoms in total. The van der Waals surface area contributed by atoms with E-state index in [-0.39, 0.29) is 12.0 Å².